The van der Waals surface area contributed by atoms with Crippen LogP contribution < -0.4 is 0 Å². The molecule has 2 rings (SSSR count). The predicted molar refractivity (Wildman–Crippen MR) is 70.5 cm³/mol. The van der Waals surface area contributed by atoms with Crippen LogP contribution in [0.15, 0.2) is 48.5 Å². The second kappa shape index (κ2) is 6.25. The Labute approximate surface area is 123 Å². The van der Waals surface area contributed by atoms with Gasteiger partial charge in [0.15, 0.2) is 5.78 Å². The third-order valence-corrected chi connectivity index (χ3v) is 3.16. The van der Waals surface area contributed by atoms with E-state index in [4.69, 9.17) is 0 Å². The highest BCUT2D eigenvalue weighted by Crippen LogP contribution is 2.34. The highest BCUT2D eigenvalue weighted by molar-refractivity contribution is 6.01. The maximum atomic E-state index is 13.7. The highest BCUT2D eigenvalue weighted by atomic mass is 19.4. The van der Waals surface area contributed by atoms with E-state index in [1.165, 1.54) is 24.3 Å². The van der Waals surface area contributed by atoms with E-state index in [0.717, 1.165) is 18.2 Å². The van der Waals surface area contributed by atoms with Gasteiger partial charge in [0.05, 0.1) is 17.9 Å². The van der Waals surface area contributed by atoms with Gasteiger partial charge in [-0.15, -0.1) is 0 Å². The van der Waals surface area contributed by atoms with Crippen LogP contribution in [0, 0.1) is 11.6 Å². The molecule has 0 aliphatic rings. The van der Waals surface area contributed by atoms with Crippen molar-refractivity contribution in [2.45, 2.75) is 18.5 Å². The maximum absolute atomic E-state index is 13.7. The minimum Gasteiger partial charge on any atom is -0.293 e. The number of hydrogen-bond acceptors (Lipinski definition) is 1. The SMILES string of the molecule is O=C(c1c(F)cccc1F)C(CC(F)(F)F)c1ccccc1. The zero-order chi connectivity index (χ0) is 16.3. The number of benzene rings is 2. The normalized spacial score (nSPS) is 13.0. The van der Waals surface area contributed by atoms with E-state index < -0.39 is 41.5 Å². The van der Waals surface area contributed by atoms with Crippen molar-refractivity contribution in [2.24, 2.45) is 0 Å². The summed E-state index contributed by atoms with van der Waals surface area (Å²) in [5, 5.41) is 0. The lowest BCUT2D eigenvalue weighted by molar-refractivity contribution is -0.136. The lowest BCUT2D eigenvalue weighted by Crippen LogP contribution is -2.22. The average Bonchev–Trinajstić information content (AvgIpc) is 2.44. The van der Waals surface area contributed by atoms with Crippen molar-refractivity contribution in [3.63, 3.8) is 0 Å². The number of alkyl halides is 3. The fourth-order valence-corrected chi connectivity index (χ4v) is 2.19. The molecular weight excluding hydrogens is 303 g/mol. The minimum absolute atomic E-state index is 0.0625. The minimum atomic E-state index is -4.64. The van der Waals surface area contributed by atoms with Gasteiger partial charge in [0.1, 0.15) is 11.6 Å². The third kappa shape index (κ3) is 3.69. The molecule has 0 saturated heterocycles. The van der Waals surface area contributed by atoms with Crippen LogP contribution in [0.1, 0.15) is 28.3 Å². The van der Waals surface area contributed by atoms with Crippen LogP contribution in [0.5, 0.6) is 0 Å². The molecule has 0 N–H and O–H groups in total. The summed E-state index contributed by atoms with van der Waals surface area (Å²) >= 11 is 0. The van der Waals surface area contributed by atoms with Crippen molar-refractivity contribution < 1.29 is 26.7 Å². The molecule has 2 aromatic carbocycles. The molecule has 0 aliphatic carbocycles. The molecule has 0 bridgehead atoms. The molecule has 116 valence electrons. The van der Waals surface area contributed by atoms with E-state index in [2.05, 4.69) is 0 Å². The molecule has 0 radical (unpaired) electrons. The van der Waals surface area contributed by atoms with Crippen molar-refractivity contribution in [1.82, 2.24) is 0 Å². The molecule has 0 amide bonds. The molecule has 1 unspecified atom stereocenters. The molecule has 2 aromatic rings. The van der Waals surface area contributed by atoms with E-state index in [-0.39, 0.29) is 5.56 Å². The van der Waals surface area contributed by atoms with Gasteiger partial charge in [-0.05, 0) is 17.7 Å². The molecule has 22 heavy (non-hydrogen) atoms. The molecule has 1 nitrogen and oxygen atoms in total. The predicted octanol–water partition coefficient (Wildman–Crippen LogP) is 4.88. The lowest BCUT2D eigenvalue weighted by atomic mass is 9.87. The number of ketones is 1. The largest absolute Gasteiger partial charge is 0.390 e. The zero-order valence-electron chi connectivity index (χ0n) is 11.2. The quantitative estimate of drug-likeness (QED) is 0.580. The van der Waals surface area contributed by atoms with Gasteiger partial charge >= 0.3 is 6.18 Å². The molecule has 0 saturated carbocycles. The number of carbonyl (C=O) groups excluding carboxylic acids is 1. The fourth-order valence-electron chi connectivity index (χ4n) is 2.19. The van der Waals surface area contributed by atoms with E-state index in [1.54, 1.807) is 6.07 Å². The number of rotatable bonds is 4. The number of hydrogen-bond donors (Lipinski definition) is 0. The summed E-state index contributed by atoms with van der Waals surface area (Å²) in [5.74, 6) is -5.26. The molecule has 0 fully saturated rings. The Bertz CT molecular complexity index is 644. The van der Waals surface area contributed by atoms with Crippen LogP contribution in [-0.2, 0) is 0 Å². The number of halogens is 5. The maximum Gasteiger partial charge on any atom is 0.390 e. The summed E-state index contributed by atoms with van der Waals surface area (Å²) in [5.41, 5.74) is -0.881. The van der Waals surface area contributed by atoms with Gasteiger partial charge in [-0.1, -0.05) is 36.4 Å². The summed E-state index contributed by atoms with van der Waals surface area (Å²) in [6, 6.07) is 9.87. The Balaban J connectivity index is 2.47. The molecule has 6 heteroatoms. The third-order valence-electron chi connectivity index (χ3n) is 3.16. The van der Waals surface area contributed by atoms with Crippen molar-refractivity contribution >= 4 is 5.78 Å². The molecule has 0 aliphatic heterocycles. The van der Waals surface area contributed by atoms with Gasteiger partial charge in [-0.2, -0.15) is 13.2 Å². The van der Waals surface area contributed by atoms with Crippen molar-refractivity contribution in [2.75, 3.05) is 0 Å². The second-order valence-electron chi connectivity index (χ2n) is 4.74. The van der Waals surface area contributed by atoms with Gasteiger partial charge in [-0.25, -0.2) is 8.78 Å². The van der Waals surface area contributed by atoms with E-state index in [1.807, 2.05) is 0 Å². The first kappa shape index (κ1) is 16.1. The van der Waals surface area contributed by atoms with Gasteiger partial charge < -0.3 is 0 Å². The molecule has 0 heterocycles. The lowest BCUT2D eigenvalue weighted by Gasteiger charge is -2.18. The Morgan fingerprint density at radius 3 is 1.95 bits per heavy atom. The van der Waals surface area contributed by atoms with Crippen molar-refractivity contribution in [3.8, 4) is 0 Å². The summed E-state index contributed by atoms with van der Waals surface area (Å²) in [6.07, 6.45) is -6.12. The Morgan fingerprint density at radius 2 is 1.45 bits per heavy atom. The van der Waals surface area contributed by atoms with Crippen LogP contribution in [0.4, 0.5) is 22.0 Å². The number of carbonyl (C=O) groups is 1. The number of Topliss-reactive ketones (excluding diaryl/α,β-unsaturated/α-hetero) is 1. The molecule has 0 spiro atoms. The zero-order valence-corrected chi connectivity index (χ0v) is 11.2. The summed E-state index contributed by atoms with van der Waals surface area (Å²) in [4.78, 5) is 12.3. The summed E-state index contributed by atoms with van der Waals surface area (Å²) in [6.45, 7) is 0. The first-order valence-corrected chi connectivity index (χ1v) is 6.39. The summed E-state index contributed by atoms with van der Waals surface area (Å²) < 4.78 is 65.5. The Kier molecular flexibility index (Phi) is 4.59. The van der Waals surface area contributed by atoms with E-state index in [0.29, 0.717) is 0 Å². The van der Waals surface area contributed by atoms with Crippen LogP contribution in [-0.4, -0.2) is 12.0 Å². The molecular formula is C16H11F5O. The van der Waals surface area contributed by atoms with Crippen molar-refractivity contribution in [1.29, 1.82) is 0 Å². The fraction of sp³-hybridized carbons (Fsp3) is 0.188. The second-order valence-corrected chi connectivity index (χ2v) is 4.74. The van der Waals surface area contributed by atoms with Crippen molar-refractivity contribution in [3.05, 3.63) is 71.3 Å². The van der Waals surface area contributed by atoms with E-state index >= 15 is 0 Å². The van der Waals surface area contributed by atoms with Crippen LogP contribution in [0.25, 0.3) is 0 Å². The van der Waals surface area contributed by atoms with Crippen LogP contribution >= 0.6 is 0 Å². The highest BCUT2D eigenvalue weighted by Gasteiger charge is 2.38. The Hall–Kier alpha value is -2.24. The molecule has 0 aromatic heterocycles. The Morgan fingerprint density at radius 1 is 0.909 bits per heavy atom. The monoisotopic (exact) mass is 314 g/mol. The van der Waals surface area contributed by atoms with Gasteiger partial charge in [0, 0.05) is 0 Å². The standard InChI is InChI=1S/C16H11F5O/c17-12-7-4-8-13(18)14(12)15(22)11(9-16(19,20)21)10-5-2-1-3-6-10/h1-8,11H,9H2. The first-order chi connectivity index (χ1) is 10.3. The van der Waals surface area contributed by atoms with Gasteiger partial charge in [0.2, 0.25) is 0 Å². The average molecular weight is 314 g/mol. The smallest absolute Gasteiger partial charge is 0.293 e. The molecule has 1 atom stereocenters. The van der Waals surface area contributed by atoms with Crippen LogP contribution in [0.3, 0.4) is 0 Å². The summed E-state index contributed by atoms with van der Waals surface area (Å²) in [7, 11) is 0. The first-order valence-electron chi connectivity index (χ1n) is 6.39. The van der Waals surface area contributed by atoms with Gasteiger partial charge in [-0.3, -0.25) is 4.79 Å². The van der Waals surface area contributed by atoms with Crippen LogP contribution in [0.2, 0.25) is 0 Å². The van der Waals surface area contributed by atoms with E-state index in [9.17, 15) is 26.7 Å². The topological polar surface area (TPSA) is 17.1 Å². The van der Waals surface area contributed by atoms with Gasteiger partial charge in [0.25, 0.3) is 0 Å².